The van der Waals surface area contributed by atoms with Crippen LogP contribution in [-0.2, 0) is 8.83 Å². The van der Waals surface area contributed by atoms with Crippen molar-refractivity contribution in [3.05, 3.63) is 30.3 Å². The van der Waals surface area contributed by atoms with Crippen molar-refractivity contribution in [2.75, 3.05) is 33.0 Å². The molecule has 182 valence electrons. The fourth-order valence-electron chi connectivity index (χ4n) is 2.19. The maximum absolute atomic E-state index is 8.98. The monoisotopic (exact) mass is 484 g/mol. The molecule has 0 heterocycles. The minimum absolute atomic E-state index is 0.406. The molecule has 0 fully saturated rings. The Kier molecular flexibility index (Phi) is 19.9. The third-order valence-corrected chi connectivity index (χ3v) is 6.22. The molecule has 0 amide bonds. The second-order valence-corrected chi connectivity index (χ2v) is 9.10. The van der Waals surface area contributed by atoms with Crippen LogP contribution < -0.4 is 4.52 Å². The van der Waals surface area contributed by atoms with E-state index in [1.165, 1.54) is 32.1 Å². The van der Waals surface area contributed by atoms with Crippen LogP contribution in [0.15, 0.2) is 30.3 Å². The molecule has 1 rings (SSSR count). The SMILES string of the molecule is CCCCCCCCCOP(Oc1ccccc1)OP(O)O.OCC(CO)(CO)CO. The minimum atomic E-state index is -2.49. The summed E-state index contributed by atoms with van der Waals surface area (Å²) in [5, 5.41) is 34.0. The smallest absolute Gasteiger partial charge is 0.404 e. The van der Waals surface area contributed by atoms with Crippen LogP contribution >= 0.6 is 17.2 Å². The molecule has 1 aromatic rings. The van der Waals surface area contributed by atoms with Gasteiger partial charge in [-0.25, -0.2) is 4.31 Å². The van der Waals surface area contributed by atoms with Gasteiger partial charge in [0.15, 0.2) is 0 Å². The Morgan fingerprint density at radius 3 is 1.74 bits per heavy atom. The number of benzene rings is 1. The van der Waals surface area contributed by atoms with Crippen molar-refractivity contribution in [3.8, 4) is 5.75 Å². The zero-order valence-corrected chi connectivity index (χ0v) is 20.0. The van der Waals surface area contributed by atoms with Crippen LogP contribution in [0.5, 0.6) is 5.75 Å². The van der Waals surface area contributed by atoms with E-state index in [-0.39, 0.29) is 0 Å². The number of hydrogen-bond donors (Lipinski definition) is 6. The molecule has 1 atom stereocenters. The van der Waals surface area contributed by atoms with E-state index < -0.39 is 49.0 Å². The molecule has 1 unspecified atom stereocenters. The van der Waals surface area contributed by atoms with Gasteiger partial charge < -0.3 is 39.3 Å². The van der Waals surface area contributed by atoms with Crippen LogP contribution in [0.25, 0.3) is 0 Å². The third kappa shape index (κ3) is 15.9. The Morgan fingerprint density at radius 2 is 1.29 bits per heavy atom. The van der Waals surface area contributed by atoms with E-state index in [4.69, 9.17) is 43.6 Å². The number of rotatable bonds is 17. The summed E-state index contributed by atoms with van der Waals surface area (Å²) in [6.07, 6.45) is 8.34. The lowest BCUT2D eigenvalue weighted by atomic mass is 9.93. The lowest BCUT2D eigenvalue weighted by Gasteiger charge is -2.23. The summed E-state index contributed by atoms with van der Waals surface area (Å²) in [6, 6.07) is 9.08. The van der Waals surface area contributed by atoms with Crippen molar-refractivity contribution in [2.45, 2.75) is 51.9 Å². The van der Waals surface area contributed by atoms with Gasteiger partial charge in [0.05, 0.1) is 38.4 Å². The highest BCUT2D eigenvalue weighted by Gasteiger charge is 2.26. The molecule has 0 aromatic heterocycles. The summed E-state index contributed by atoms with van der Waals surface area (Å²) < 4.78 is 15.9. The minimum Gasteiger partial charge on any atom is -0.427 e. The van der Waals surface area contributed by atoms with Crippen LogP contribution in [0.2, 0.25) is 0 Å². The van der Waals surface area contributed by atoms with Crippen LogP contribution in [0.3, 0.4) is 0 Å². The van der Waals surface area contributed by atoms with E-state index in [9.17, 15) is 0 Å². The molecule has 0 spiro atoms. The lowest BCUT2D eigenvalue weighted by molar-refractivity contribution is -0.0328. The highest BCUT2D eigenvalue weighted by atomic mass is 31.2. The summed E-state index contributed by atoms with van der Waals surface area (Å²) in [5.74, 6) is 0.588. The molecule has 9 nitrogen and oxygen atoms in total. The Hall–Kier alpha value is -0.440. The maximum Gasteiger partial charge on any atom is 0.404 e. The number of hydrogen-bond acceptors (Lipinski definition) is 9. The van der Waals surface area contributed by atoms with Gasteiger partial charge >= 0.3 is 17.2 Å². The number of aliphatic hydroxyl groups excluding tert-OH is 4. The van der Waals surface area contributed by atoms with Gasteiger partial charge in [0, 0.05) is 0 Å². The third-order valence-electron chi connectivity index (χ3n) is 4.35. The molecule has 0 aliphatic heterocycles. The quantitative estimate of drug-likeness (QED) is 0.145. The maximum atomic E-state index is 8.98. The van der Waals surface area contributed by atoms with Gasteiger partial charge in [0.25, 0.3) is 0 Å². The first-order chi connectivity index (χ1) is 15.0. The van der Waals surface area contributed by atoms with Crippen LogP contribution in [0.1, 0.15) is 51.9 Å². The van der Waals surface area contributed by atoms with E-state index in [0.29, 0.717) is 12.4 Å². The molecular formula is C20H38O9P2. The van der Waals surface area contributed by atoms with Crippen molar-refractivity contribution in [1.29, 1.82) is 0 Å². The summed E-state index contributed by atoms with van der Waals surface area (Å²) in [6.45, 7) is 1.08. The molecule has 1 aromatic carbocycles. The largest absolute Gasteiger partial charge is 0.427 e. The first kappa shape index (κ1) is 30.6. The van der Waals surface area contributed by atoms with Gasteiger partial charge in [-0.15, -0.1) is 0 Å². The average molecular weight is 484 g/mol. The van der Waals surface area contributed by atoms with Crippen LogP contribution in [0, 0.1) is 5.41 Å². The second kappa shape index (κ2) is 20.2. The van der Waals surface area contributed by atoms with Gasteiger partial charge in [-0.3, -0.25) is 0 Å². The van der Waals surface area contributed by atoms with Gasteiger partial charge in [-0.2, -0.15) is 0 Å². The average Bonchev–Trinajstić information content (AvgIpc) is 2.78. The van der Waals surface area contributed by atoms with Crippen molar-refractivity contribution >= 4 is 17.2 Å². The fourth-order valence-corrected chi connectivity index (χ4v) is 3.62. The summed E-state index contributed by atoms with van der Waals surface area (Å²) in [5.41, 5.74) is -1.11. The predicted molar refractivity (Wildman–Crippen MR) is 121 cm³/mol. The van der Waals surface area contributed by atoms with Gasteiger partial charge in [0.1, 0.15) is 5.75 Å². The number of para-hydroxylation sites is 1. The van der Waals surface area contributed by atoms with E-state index >= 15 is 0 Å². The molecule has 0 aliphatic carbocycles. The Balaban J connectivity index is 0.000000842. The lowest BCUT2D eigenvalue weighted by Crippen LogP contribution is -2.37. The number of aliphatic hydroxyl groups is 4. The molecule has 6 N–H and O–H groups in total. The van der Waals surface area contributed by atoms with Gasteiger partial charge in [0.2, 0.25) is 0 Å². The first-order valence-corrected chi connectivity index (χ1v) is 12.7. The second-order valence-electron chi connectivity index (χ2n) is 7.05. The van der Waals surface area contributed by atoms with E-state index in [1.54, 1.807) is 12.1 Å². The summed E-state index contributed by atoms with van der Waals surface area (Å²) in [7, 11) is -4.27. The van der Waals surface area contributed by atoms with Crippen molar-refractivity contribution < 1.29 is 43.6 Å². The van der Waals surface area contributed by atoms with Gasteiger partial charge in [-0.05, 0) is 18.6 Å². The molecule has 11 heteroatoms. The van der Waals surface area contributed by atoms with Crippen LogP contribution in [0.4, 0.5) is 0 Å². The molecule has 31 heavy (non-hydrogen) atoms. The van der Waals surface area contributed by atoms with Crippen LogP contribution in [-0.4, -0.2) is 63.2 Å². The van der Waals surface area contributed by atoms with Crippen molar-refractivity contribution in [1.82, 2.24) is 0 Å². The highest BCUT2D eigenvalue weighted by Crippen LogP contribution is 2.50. The van der Waals surface area contributed by atoms with Crippen molar-refractivity contribution in [2.24, 2.45) is 5.41 Å². The van der Waals surface area contributed by atoms with E-state index in [1.807, 2.05) is 18.2 Å². The molecule has 0 radical (unpaired) electrons. The topological polar surface area (TPSA) is 149 Å². The Morgan fingerprint density at radius 1 is 0.774 bits per heavy atom. The molecule has 0 bridgehead atoms. The Labute approximate surface area is 187 Å². The number of unbranched alkanes of at least 4 members (excludes halogenated alkanes) is 6. The van der Waals surface area contributed by atoms with E-state index in [0.717, 1.165) is 12.8 Å². The standard InChI is InChI=1S/C15H26O5P2.C5H12O4/c1-2-3-4-5-6-7-11-14-18-22(20-21(16)17)19-15-12-9-8-10-13-15;6-1-5(2-7,3-8)4-9/h8-10,12-13,16-17H,2-7,11,14H2,1H3;6-9H,1-4H2. The molecule has 0 saturated heterocycles. The fraction of sp³-hybridized carbons (Fsp3) is 0.700. The van der Waals surface area contributed by atoms with Crippen molar-refractivity contribution in [3.63, 3.8) is 0 Å². The summed E-state index contributed by atoms with van der Waals surface area (Å²) in [4.78, 5) is 18.0. The first-order valence-electron chi connectivity index (χ1n) is 10.4. The predicted octanol–water partition coefficient (Wildman–Crippen LogP) is 3.23. The molecule has 0 saturated carbocycles. The Bertz CT molecular complexity index is 487. The zero-order valence-electron chi connectivity index (χ0n) is 18.2. The molecular weight excluding hydrogens is 446 g/mol. The van der Waals surface area contributed by atoms with Gasteiger partial charge in [-0.1, -0.05) is 63.6 Å². The normalized spacial score (nSPS) is 12.4. The molecule has 0 aliphatic rings. The highest BCUT2D eigenvalue weighted by molar-refractivity contribution is 7.54. The van der Waals surface area contributed by atoms with E-state index in [2.05, 4.69) is 6.92 Å². The zero-order chi connectivity index (χ0) is 23.4. The summed E-state index contributed by atoms with van der Waals surface area (Å²) >= 11 is 0.